The molecule has 38 atom stereocenters. The van der Waals surface area contributed by atoms with Gasteiger partial charge in [-0.1, -0.05) is 219 Å². The Labute approximate surface area is 802 Å². The van der Waals surface area contributed by atoms with Crippen LogP contribution in [0, 0.1) is 0 Å². The van der Waals surface area contributed by atoms with Crippen molar-refractivity contribution in [2.75, 3.05) is 46.2 Å². The highest BCUT2D eigenvalue weighted by atomic mass is 16.8. The molecule has 44 heteroatoms. The molecule has 0 aliphatic carbocycles. The summed E-state index contributed by atoms with van der Waals surface area (Å²) in [5, 5.41) is 249. The number of aliphatic hydroxyl groups is 20. The fourth-order valence-electron chi connectivity index (χ4n) is 18.7. The van der Waals surface area contributed by atoms with E-state index in [9.17, 15) is 131 Å². The third-order valence-corrected chi connectivity index (χ3v) is 26.7. The van der Waals surface area contributed by atoms with Crippen molar-refractivity contribution in [2.45, 2.75) is 499 Å². The van der Waals surface area contributed by atoms with Gasteiger partial charge >= 0.3 is 5.97 Å². The van der Waals surface area contributed by atoms with Gasteiger partial charge in [0.1, 0.15) is 159 Å². The second-order valence-electron chi connectivity index (χ2n) is 37.7. The minimum atomic E-state index is -3.48. The summed E-state index contributed by atoms with van der Waals surface area (Å²) in [5.74, 6) is -8.93. The first-order valence-corrected chi connectivity index (χ1v) is 50.0. The summed E-state index contributed by atoms with van der Waals surface area (Å²) in [6, 6.07) is -6.92. The van der Waals surface area contributed by atoms with E-state index in [0.29, 0.717) is 12.8 Å². The van der Waals surface area contributed by atoms with Gasteiger partial charge in [0.2, 0.25) is 23.6 Å². The van der Waals surface area contributed by atoms with Crippen LogP contribution in [0.5, 0.6) is 0 Å². The Bertz CT molecular complexity index is 3390. The average Bonchev–Trinajstić information content (AvgIpc) is 0.741. The number of carboxylic acids is 1. The summed E-state index contributed by atoms with van der Waals surface area (Å²) in [7, 11) is 0. The van der Waals surface area contributed by atoms with Crippen LogP contribution in [-0.4, -0.2) is 416 Å². The Morgan fingerprint density at radius 3 is 1.20 bits per heavy atom. The molecule has 0 radical (unpaired) electrons. The Hall–Kier alpha value is -4.27. The maximum absolute atomic E-state index is 14.1. The van der Waals surface area contributed by atoms with Gasteiger partial charge in [-0.3, -0.25) is 19.2 Å². The molecule has 25 N–H and O–H groups in total. The lowest BCUT2D eigenvalue weighted by Gasteiger charge is -2.53. The summed E-state index contributed by atoms with van der Waals surface area (Å²) in [4.78, 5) is 67.2. The third kappa shape index (κ3) is 36.1. The maximum atomic E-state index is 14.1. The molecule has 0 aromatic rings. The zero-order chi connectivity index (χ0) is 101. The van der Waals surface area contributed by atoms with E-state index in [4.69, 9.17) is 66.3 Å². The number of hydrogen-bond acceptors (Lipinski definition) is 39. The van der Waals surface area contributed by atoms with E-state index in [-0.39, 0.29) is 6.42 Å². The molecule has 0 aromatic carbocycles. The van der Waals surface area contributed by atoms with Crippen molar-refractivity contribution >= 4 is 29.6 Å². The molecule has 798 valence electrons. The molecule has 7 aliphatic rings. The van der Waals surface area contributed by atoms with E-state index < -0.39 is 315 Å². The van der Waals surface area contributed by atoms with Crippen LogP contribution in [0.1, 0.15) is 266 Å². The fraction of sp³-hybridized carbons (Fsp3) is 0.925. The molecule has 7 rings (SSSR count). The molecular weight excluding hydrogens is 1810 g/mol. The van der Waals surface area contributed by atoms with Crippen LogP contribution in [0.2, 0.25) is 0 Å². The number of aliphatic carboxylic acids is 1. The summed E-state index contributed by atoms with van der Waals surface area (Å²) < 4.78 is 85.1. The number of hydrogen-bond donors (Lipinski definition) is 25. The van der Waals surface area contributed by atoms with Crippen molar-refractivity contribution < 1.29 is 198 Å². The van der Waals surface area contributed by atoms with E-state index in [1.165, 1.54) is 148 Å². The Balaban J connectivity index is 1.12. The SMILES string of the molecule is CCCCCCCCCCCCC/C=C/[C@@H](O)[C@H](CO[C@@H]1OC(CO)[C@@H](O[C@@H]2OC(CO)[C@H](O[C@@H]3OC(CO)[C@H](O)[C@H](O[C@@H]4OC(CO)[C@H](O)[C@H](O[C@@H]5OC(CO)[C@@H](O)[C@H](O[C@H]6OC(C)[C@@H](O)C(O)[C@@H]6O)C5NC(C)=O)C4O)C3NC(C)=O)[C@H](O[C@]3(C(=O)O)CC(O)[C@@H](NC(C)=O)C([C@H](O)[C@H](O)CO)O3)C2O)[C@H](O)C1O)NC(=O)CCCCCCCCCCCCCCCCCCCCCCC. The second-order valence-corrected chi connectivity index (χ2v) is 37.7. The second kappa shape index (κ2) is 62.5. The van der Waals surface area contributed by atoms with Crippen molar-refractivity contribution in [1.82, 2.24) is 21.3 Å². The molecule has 0 spiro atoms. The summed E-state index contributed by atoms with van der Waals surface area (Å²) in [5.41, 5.74) is 0. The first-order chi connectivity index (χ1) is 65.6. The van der Waals surface area contributed by atoms with Crippen LogP contribution in [-0.2, 0) is 90.3 Å². The smallest absolute Gasteiger partial charge is 0.364 e. The number of aliphatic hydroxyl groups excluding tert-OH is 20. The van der Waals surface area contributed by atoms with Crippen molar-refractivity contribution in [2.24, 2.45) is 0 Å². The van der Waals surface area contributed by atoms with Crippen molar-refractivity contribution in [3.05, 3.63) is 12.2 Å². The van der Waals surface area contributed by atoms with Gasteiger partial charge in [0.05, 0.1) is 76.6 Å². The van der Waals surface area contributed by atoms with Crippen LogP contribution in [0.4, 0.5) is 0 Å². The predicted molar refractivity (Wildman–Crippen MR) is 482 cm³/mol. The molecule has 7 heterocycles. The van der Waals surface area contributed by atoms with Gasteiger partial charge in [-0.15, -0.1) is 0 Å². The molecule has 0 aromatic heterocycles. The molecule has 7 aliphatic heterocycles. The highest BCUT2D eigenvalue weighted by molar-refractivity contribution is 5.77. The number of carbonyl (C=O) groups is 5. The molecule has 7 saturated heterocycles. The first kappa shape index (κ1) is 120. The van der Waals surface area contributed by atoms with Gasteiger partial charge < -0.3 is 195 Å². The molecule has 0 saturated carbocycles. The Kier molecular flexibility index (Phi) is 54.6. The lowest BCUT2D eigenvalue weighted by Crippen LogP contribution is -2.72. The number of carbonyl (C=O) groups excluding carboxylic acids is 4. The summed E-state index contributed by atoms with van der Waals surface area (Å²) in [6.07, 6.45) is -28.9. The summed E-state index contributed by atoms with van der Waals surface area (Å²) in [6.45, 7) is 0.922. The van der Waals surface area contributed by atoms with E-state index in [1.807, 2.05) is 0 Å². The topological polar surface area (TPSA) is 688 Å². The molecule has 4 amide bonds. The predicted octanol–water partition coefficient (Wildman–Crippen LogP) is -1.88. The Morgan fingerprint density at radius 2 is 0.759 bits per heavy atom. The molecule has 137 heavy (non-hydrogen) atoms. The fourth-order valence-corrected chi connectivity index (χ4v) is 18.7. The average molecular weight is 1980 g/mol. The maximum Gasteiger partial charge on any atom is 0.364 e. The van der Waals surface area contributed by atoms with Gasteiger partial charge in [-0.25, -0.2) is 4.79 Å². The largest absolute Gasteiger partial charge is 0.477 e. The van der Waals surface area contributed by atoms with Crippen molar-refractivity contribution in [3.8, 4) is 0 Å². The zero-order valence-electron chi connectivity index (χ0n) is 80.4. The molecule has 0 bridgehead atoms. The van der Waals surface area contributed by atoms with E-state index in [0.717, 1.165) is 85.0 Å². The van der Waals surface area contributed by atoms with Gasteiger partial charge in [0.25, 0.3) is 5.79 Å². The number of amides is 4. The van der Waals surface area contributed by atoms with Crippen LogP contribution >= 0.6 is 0 Å². The van der Waals surface area contributed by atoms with Crippen LogP contribution in [0.25, 0.3) is 0 Å². The van der Waals surface area contributed by atoms with Gasteiger partial charge in [-0.05, 0) is 26.2 Å². The number of allylic oxidation sites excluding steroid dienone is 1. The first-order valence-electron chi connectivity index (χ1n) is 50.0. The van der Waals surface area contributed by atoms with Crippen molar-refractivity contribution in [3.63, 3.8) is 0 Å². The number of nitrogens with one attached hydrogen (secondary N) is 4. The van der Waals surface area contributed by atoms with Crippen LogP contribution < -0.4 is 21.3 Å². The van der Waals surface area contributed by atoms with Crippen LogP contribution in [0.3, 0.4) is 0 Å². The standard InChI is InChI=1S/C93H166N4O40/c1-7-9-11-13-15-17-19-21-22-23-24-25-26-27-28-30-32-34-36-38-40-42-64(110)97-55(56(107)41-39-37-35-33-31-29-20-18-16-14-12-10-8-2)50-124-88-76(119)74(117)79(62(48-102)129-88)131-91-78(121)85(137-93(92(122)123)43-57(108)65(94-52(4)104)83(136-93)69(112)58(109)44-98)80(63(49-103)130-91)132-86-66(95-53(5)105)82(71(114)59(45-99)126-86)134-90-77(120)84(72(115)61(47-101)128-90)135-87-67(96-54(6)106)81(70(113)60(46-100)127-87)133-89-75(118)73(116)68(111)51(3)125-89/h39,41,51,55-63,65-91,98-103,107-109,111-121H,7-38,40,42-50H2,1-6H3,(H,94,104)(H,95,105)(H,96,106)(H,97,110)(H,122,123)/b41-39+/t51?,55-,56+,57?,58+,59?,60?,61?,62?,63?,65+,66?,67?,68+,69+,70+,71-,72-,73?,74+,75-,76?,77?,78?,79+,80-,81+,82+,83?,84-,85+,86-,87-,88+,89+,90-,91-,93-/m0/s1. The number of carboxylic acid groups (broad SMARTS) is 1. The van der Waals surface area contributed by atoms with E-state index in [2.05, 4.69) is 35.1 Å². The monoisotopic (exact) mass is 1980 g/mol. The van der Waals surface area contributed by atoms with Gasteiger partial charge in [-0.2, -0.15) is 0 Å². The molecular formula is C93H166N4O40. The van der Waals surface area contributed by atoms with Crippen LogP contribution in [0.15, 0.2) is 12.2 Å². The van der Waals surface area contributed by atoms with Crippen molar-refractivity contribution in [1.29, 1.82) is 0 Å². The molecule has 44 nitrogen and oxygen atoms in total. The highest BCUT2D eigenvalue weighted by Crippen LogP contribution is 2.43. The third-order valence-electron chi connectivity index (χ3n) is 26.7. The highest BCUT2D eigenvalue weighted by Gasteiger charge is 2.63. The van der Waals surface area contributed by atoms with E-state index in [1.54, 1.807) is 6.08 Å². The number of rotatable bonds is 64. The van der Waals surface area contributed by atoms with Gasteiger partial charge in [0.15, 0.2) is 37.7 Å². The minimum absolute atomic E-state index is 0.101. The lowest BCUT2D eigenvalue weighted by atomic mass is 9.88. The number of ether oxygens (including phenoxy) is 14. The molecule has 14 unspecified atom stereocenters. The molecule has 7 fully saturated rings. The Morgan fingerprint density at radius 1 is 0.394 bits per heavy atom. The number of unbranched alkanes of at least 4 members (excludes halogenated alkanes) is 31. The summed E-state index contributed by atoms with van der Waals surface area (Å²) >= 11 is 0. The van der Waals surface area contributed by atoms with E-state index >= 15 is 0 Å². The lowest BCUT2D eigenvalue weighted by molar-refractivity contribution is -0.404. The van der Waals surface area contributed by atoms with Gasteiger partial charge in [0, 0.05) is 33.6 Å². The minimum Gasteiger partial charge on any atom is -0.477 e. The quantitative estimate of drug-likeness (QED) is 0.0234. The zero-order valence-corrected chi connectivity index (χ0v) is 80.4. The normalized spacial score (nSPS) is 36.4.